The van der Waals surface area contributed by atoms with Gasteiger partial charge in [-0.2, -0.15) is 0 Å². The molecule has 1 aromatic heterocycles. The first-order valence-electron chi connectivity index (χ1n) is 11.3. The monoisotopic (exact) mass is 507 g/mol. The third kappa shape index (κ3) is 6.56. The quantitative estimate of drug-likeness (QED) is 0.414. The molecule has 0 aliphatic carbocycles. The van der Waals surface area contributed by atoms with Crippen molar-refractivity contribution in [2.75, 3.05) is 27.2 Å². The predicted molar refractivity (Wildman–Crippen MR) is 135 cm³/mol. The molecule has 3 aromatic rings. The van der Waals surface area contributed by atoms with E-state index in [1.165, 1.54) is 4.90 Å². The van der Waals surface area contributed by atoms with Crippen LogP contribution in [-0.4, -0.2) is 48.4 Å². The average Bonchev–Trinajstić information content (AvgIpc) is 3.24. The van der Waals surface area contributed by atoms with Gasteiger partial charge in [0, 0.05) is 24.0 Å². The average molecular weight is 508 g/mol. The molecule has 1 aliphatic heterocycles. The van der Waals surface area contributed by atoms with Crippen LogP contribution in [0.15, 0.2) is 34.9 Å². The van der Waals surface area contributed by atoms with Crippen LogP contribution in [-0.2, 0) is 13.0 Å². The fourth-order valence-corrected chi connectivity index (χ4v) is 4.37. The third-order valence-electron chi connectivity index (χ3n) is 5.97. The Morgan fingerprint density at radius 2 is 1.91 bits per heavy atom. The number of likely N-dealkylation sites (tertiary alicyclic amines) is 1. The molecule has 0 saturated carbocycles. The number of piperidine rings is 1. The van der Waals surface area contributed by atoms with Crippen molar-refractivity contribution in [1.82, 2.24) is 15.4 Å². The Morgan fingerprint density at radius 3 is 2.56 bits per heavy atom. The number of ether oxygens (including phenoxy) is 1. The number of amides is 1. The molecule has 0 bridgehead atoms. The molecule has 9 heteroatoms. The van der Waals surface area contributed by atoms with Crippen LogP contribution in [0, 0.1) is 12.8 Å². The van der Waals surface area contributed by atoms with Gasteiger partial charge in [0.2, 0.25) is 0 Å². The Morgan fingerprint density at radius 1 is 1.21 bits per heavy atom. The summed E-state index contributed by atoms with van der Waals surface area (Å²) in [4.78, 5) is 12.5. The van der Waals surface area contributed by atoms with E-state index in [9.17, 15) is 4.79 Å². The zero-order valence-corrected chi connectivity index (χ0v) is 21.2. The van der Waals surface area contributed by atoms with Crippen molar-refractivity contribution < 1.29 is 19.2 Å². The standard InChI is InChI=1S/C23H24Cl2N2O4.C2H7N/c1-14-21(30-13-16-2-5-18(24)19(25)12-16)7-4-17-20(26-31-22(14)17)6-3-15-8-10-27(11-9-15)23(28)29;1-3-2/h2,4-5,7,12,15H,3,6,8-11,13H2,1H3,(H,28,29);3H,1-2H3. The maximum absolute atomic E-state index is 11.0. The molecule has 0 radical (unpaired) electrons. The Bertz CT molecular complexity index is 1110. The molecule has 4 rings (SSSR count). The fraction of sp³-hybridized carbons (Fsp3) is 0.440. The second-order valence-electron chi connectivity index (χ2n) is 8.48. The molecular formula is C25H31Cl2N3O4. The van der Waals surface area contributed by atoms with Crippen LogP contribution < -0.4 is 10.1 Å². The van der Waals surface area contributed by atoms with E-state index in [0.29, 0.717) is 35.7 Å². The molecule has 2 heterocycles. The number of benzene rings is 2. The van der Waals surface area contributed by atoms with Gasteiger partial charge in [0.25, 0.3) is 0 Å². The Kier molecular flexibility index (Phi) is 9.45. The van der Waals surface area contributed by atoms with Crippen molar-refractivity contribution in [2.45, 2.75) is 39.2 Å². The first-order chi connectivity index (χ1) is 16.3. The molecule has 2 aromatic carbocycles. The van der Waals surface area contributed by atoms with Crippen LogP contribution in [0.1, 0.15) is 36.1 Å². The van der Waals surface area contributed by atoms with E-state index in [2.05, 4.69) is 10.5 Å². The molecule has 2 N–H and O–H groups in total. The summed E-state index contributed by atoms with van der Waals surface area (Å²) in [6, 6.07) is 9.38. The second kappa shape index (κ2) is 12.3. The van der Waals surface area contributed by atoms with Gasteiger partial charge in [-0.1, -0.05) is 34.4 Å². The normalized spacial score (nSPS) is 14.1. The zero-order valence-electron chi connectivity index (χ0n) is 19.7. The minimum absolute atomic E-state index is 0.374. The number of aryl methyl sites for hydroxylation is 2. The summed E-state index contributed by atoms with van der Waals surface area (Å²) in [5.74, 6) is 1.25. The van der Waals surface area contributed by atoms with Gasteiger partial charge in [-0.05, 0) is 82.4 Å². The van der Waals surface area contributed by atoms with Crippen LogP contribution in [0.2, 0.25) is 10.0 Å². The molecule has 0 spiro atoms. The summed E-state index contributed by atoms with van der Waals surface area (Å²) in [5, 5.41) is 18.2. The molecule has 1 saturated heterocycles. The number of hydrogen-bond acceptors (Lipinski definition) is 5. The van der Waals surface area contributed by atoms with E-state index in [1.807, 2.05) is 39.2 Å². The first-order valence-corrected chi connectivity index (χ1v) is 12.1. The van der Waals surface area contributed by atoms with Crippen molar-refractivity contribution in [2.24, 2.45) is 5.92 Å². The number of hydrogen-bond donors (Lipinski definition) is 2. The number of fused-ring (bicyclic) bond motifs is 1. The number of aromatic nitrogens is 1. The van der Waals surface area contributed by atoms with Gasteiger partial charge < -0.3 is 24.6 Å². The fourth-order valence-electron chi connectivity index (χ4n) is 4.05. The molecule has 1 amide bonds. The van der Waals surface area contributed by atoms with Gasteiger partial charge in [-0.3, -0.25) is 0 Å². The molecular weight excluding hydrogens is 477 g/mol. The minimum Gasteiger partial charge on any atom is -0.488 e. The number of carboxylic acid groups (broad SMARTS) is 1. The van der Waals surface area contributed by atoms with Crippen molar-refractivity contribution in [1.29, 1.82) is 0 Å². The third-order valence-corrected chi connectivity index (χ3v) is 6.71. The largest absolute Gasteiger partial charge is 0.488 e. The van der Waals surface area contributed by atoms with E-state index >= 15 is 0 Å². The first kappa shape index (κ1) is 26.1. The van der Waals surface area contributed by atoms with Gasteiger partial charge in [0.05, 0.1) is 15.7 Å². The highest BCUT2D eigenvalue weighted by Gasteiger charge is 2.23. The van der Waals surface area contributed by atoms with Crippen molar-refractivity contribution >= 4 is 40.3 Å². The lowest BCUT2D eigenvalue weighted by Gasteiger charge is -2.29. The van der Waals surface area contributed by atoms with Gasteiger partial charge >= 0.3 is 6.09 Å². The molecule has 1 aliphatic rings. The lowest BCUT2D eigenvalue weighted by atomic mass is 9.91. The summed E-state index contributed by atoms with van der Waals surface area (Å²) in [6.07, 6.45) is 2.76. The van der Waals surface area contributed by atoms with Crippen molar-refractivity contribution in [3.05, 3.63) is 57.2 Å². The summed E-state index contributed by atoms with van der Waals surface area (Å²) in [5.41, 5.74) is 3.52. The molecule has 0 unspecified atom stereocenters. The zero-order chi connectivity index (χ0) is 24.7. The SMILES string of the molecule is CNC.Cc1c(OCc2ccc(Cl)c(Cl)c2)ccc2c(CCC3CCN(C(=O)O)CC3)noc12. The highest BCUT2D eigenvalue weighted by molar-refractivity contribution is 6.42. The molecule has 1 fully saturated rings. The summed E-state index contributed by atoms with van der Waals surface area (Å²) in [7, 11) is 3.75. The van der Waals surface area contributed by atoms with E-state index in [1.54, 1.807) is 12.1 Å². The second-order valence-corrected chi connectivity index (χ2v) is 9.30. The molecule has 184 valence electrons. The smallest absolute Gasteiger partial charge is 0.407 e. The van der Waals surface area contributed by atoms with Crippen molar-refractivity contribution in [3.63, 3.8) is 0 Å². The Balaban J connectivity index is 0.00000103. The van der Waals surface area contributed by atoms with Crippen LogP contribution >= 0.6 is 23.2 Å². The number of halogens is 2. The number of nitrogens with zero attached hydrogens (tertiary/aromatic N) is 2. The summed E-state index contributed by atoms with van der Waals surface area (Å²) in [6.45, 7) is 3.55. The van der Waals surface area contributed by atoms with Crippen LogP contribution in [0.25, 0.3) is 11.0 Å². The molecule has 7 nitrogen and oxygen atoms in total. The minimum atomic E-state index is -0.825. The van der Waals surface area contributed by atoms with E-state index in [0.717, 1.165) is 59.2 Å². The van der Waals surface area contributed by atoms with E-state index in [4.69, 9.17) is 37.6 Å². The highest BCUT2D eigenvalue weighted by Crippen LogP contribution is 2.32. The lowest BCUT2D eigenvalue weighted by molar-refractivity contribution is 0.123. The number of nitrogens with one attached hydrogen (secondary N) is 1. The van der Waals surface area contributed by atoms with Crippen LogP contribution in [0.3, 0.4) is 0 Å². The van der Waals surface area contributed by atoms with Crippen molar-refractivity contribution in [3.8, 4) is 5.75 Å². The van der Waals surface area contributed by atoms with Gasteiger partial charge in [-0.15, -0.1) is 0 Å². The van der Waals surface area contributed by atoms with E-state index < -0.39 is 6.09 Å². The highest BCUT2D eigenvalue weighted by atomic mass is 35.5. The van der Waals surface area contributed by atoms with E-state index in [-0.39, 0.29) is 0 Å². The Hall–Kier alpha value is -2.48. The van der Waals surface area contributed by atoms with Crippen LogP contribution in [0.4, 0.5) is 4.79 Å². The van der Waals surface area contributed by atoms with Gasteiger partial charge in [-0.25, -0.2) is 4.79 Å². The Labute approximate surface area is 210 Å². The maximum atomic E-state index is 11.0. The van der Waals surface area contributed by atoms with Gasteiger partial charge in [0.15, 0.2) is 5.58 Å². The molecule has 34 heavy (non-hydrogen) atoms. The maximum Gasteiger partial charge on any atom is 0.407 e. The summed E-state index contributed by atoms with van der Waals surface area (Å²) < 4.78 is 11.6. The lowest BCUT2D eigenvalue weighted by Crippen LogP contribution is -2.37. The van der Waals surface area contributed by atoms with Crippen LogP contribution in [0.5, 0.6) is 5.75 Å². The van der Waals surface area contributed by atoms with Gasteiger partial charge in [0.1, 0.15) is 12.4 Å². The number of carbonyl (C=O) groups is 1. The predicted octanol–water partition coefficient (Wildman–Crippen LogP) is 6.18. The topological polar surface area (TPSA) is 87.8 Å². The molecule has 0 atom stereocenters. The summed E-state index contributed by atoms with van der Waals surface area (Å²) >= 11 is 12.0. The number of rotatable bonds is 6.